The lowest BCUT2D eigenvalue weighted by Crippen LogP contribution is -2.12. The van der Waals surface area contributed by atoms with Crippen LogP contribution in [-0.2, 0) is 4.79 Å². The van der Waals surface area contributed by atoms with Gasteiger partial charge in [0.2, 0.25) is 5.91 Å². The van der Waals surface area contributed by atoms with Crippen molar-refractivity contribution in [1.29, 1.82) is 0 Å². The van der Waals surface area contributed by atoms with Crippen molar-refractivity contribution in [3.63, 3.8) is 0 Å². The number of nitrogens with one attached hydrogen (secondary N) is 1. The number of carbonyl (C=O) groups is 1. The number of halogens is 1. The predicted molar refractivity (Wildman–Crippen MR) is 99.6 cm³/mol. The molecule has 0 radical (unpaired) electrons. The molecule has 1 aliphatic rings. The van der Waals surface area contributed by atoms with Crippen LogP contribution >= 0.6 is 23.4 Å². The van der Waals surface area contributed by atoms with Crippen molar-refractivity contribution in [3.05, 3.63) is 71.1 Å². The fraction of sp³-hybridized carbons (Fsp3) is 0.111. The standard InChI is InChI=1S/C18H14ClN3O2S/c19-12-3-5-13(6-4-12)22-10-20-18-16(22)17(25-9-15(24)21-18)11-1-7-14(23)8-2-11/h1-8,10,17,23H,9H2,(H,21,24)/t17-/m1/s1. The maximum absolute atomic E-state index is 12.0. The summed E-state index contributed by atoms with van der Waals surface area (Å²) >= 11 is 7.52. The van der Waals surface area contributed by atoms with Crippen molar-refractivity contribution >= 4 is 35.1 Å². The third kappa shape index (κ3) is 3.10. The number of imidazole rings is 1. The molecule has 4 rings (SSSR count). The van der Waals surface area contributed by atoms with Gasteiger partial charge in [-0.2, -0.15) is 0 Å². The molecule has 3 aromatic rings. The van der Waals surface area contributed by atoms with Crippen LogP contribution in [0.5, 0.6) is 5.75 Å². The second-order valence-electron chi connectivity index (χ2n) is 5.66. The molecule has 2 aromatic carbocycles. The summed E-state index contributed by atoms with van der Waals surface area (Å²) in [5, 5.41) is 13.0. The third-order valence-corrected chi connectivity index (χ3v) is 5.50. The summed E-state index contributed by atoms with van der Waals surface area (Å²) < 4.78 is 1.96. The Kier molecular flexibility index (Phi) is 4.15. The van der Waals surface area contributed by atoms with Gasteiger partial charge in [0.25, 0.3) is 0 Å². The summed E-state index contributed by atoms with van der Waals surface area (Å²) in [6.07, 6.45) is 1.70. The largest absolute Gasteiger partial charge is 0.508 e. The van der Waals surface area contributed by atoms with Crippen molar-refractivity contribution in [2.45, 2.75) is 5.25 Å². The fourth-order valence-electron chi connectivity index (χ4n) is 2.82. The summed E-state index contributed by atoms with van der Waals surface area (Å²) in [7, 11) is 0. The number of phenolic OH excluding ortho intramolecular Hbond substituents is 1. The number of thioether (sulfide) groups is 1. The lowest BCUT2D eigenvalue weighted by molar-refractivity contribution is -0.113. The first-order chi connectivity index (χ1) is 12.1. The number of anilines is 1. The van der Waals surface area contributed by atoms with Crippen LogP contribution in [0.3, 0.4) is 0 Å². The summed E-state index contributed by atoms with van der Waals surface area (Å²) in [4.78, 5) is 16.4. The van der Waals surface area contributed by atoms with Crippen molar-refractivity contribution in [2.75, 3.05) is 11.1 Å². The number of rotatable bonds is 2. The Morgan fingerprint density at radius 2 is 1.88 bits per heavy atom. The topological polar surface area (TPSA) is 67.1 Å². The Bertz CT molecular complexity index is 922. The Morgan fingerprint density at radius 3 is 2.60 bits per heavy atom. The lowest BCUT2D eigenvalue weighted by Gasteiger charge is -2.18. The Hall–Kier alpha value is -2.44. The normalized spacial score (nSPS) is 16.8. The SMILES string of the molecule is O=C1CS[C@H](c2ccc(O)cc2)c2c(ncn2-c2ccc(Cl)cc2)N1. The van der Waals surface area contributed by atoms with Crippen LogP contribution in [-0.4, -0.2) is 26.3 Å². The summed E-state index contributed by atoms with van der Waals surface area (Å²) in [6, 6.07) is 14.5. The molecular weight excluding hydrogens is 358 g/mol. The molecule has 0 aliphatic carbocycles. The molecule has 1 amide bonds. The molecule has 25 heavy (non-hydrogen) atoms. The third-order valence-electron chi connectivity index (χ3n) is 3.99. The van der Waals surface area contributed by atoms with E-state index in [1.807, 2.05) is 41.0 Å². The van der Waals surface area contributed by atoms with Crippen LogP contribution < -0.4 is 5.32 Å². The number of carbonyl (C=O) groups excluding carboxylic acids is 1. The number of fused-ring (bicyclic) bond motifs is 1. The molecule has 0 spiro atoms. The molecule has 0 bridgehead atoms. The maximum atomic E-state index is 12.0. The first kappa shape index (κ1) is 16.1. The van der Waals surface area contributed by atoms with Crippen LogP contribution in [0, 0.1) is 0 Å². The van der Waals surface area contributed by atoms with Gasteiger partial charge in [0.15, 0.2) is 5.82 Å². The van der Waals surface area contributed by atoms with Gasteiger partial charge < -0.3 is 10.4 Å². The monoisotopic (exact) mass is 371 g/mol. The molecule has 5 nitrogen and oxygen atoms in total. The van der Waals surface area contributed by atoms with E-state index in [2.05, 4.69) is 10.3 Å². The highest BCUT2D eigenvalue weighted by Crippen LogP contribution is 2.42. The number of phenols is 1. The van der Waals surface area contributed by atoms with Crippen molar-refractivity contribution in [3.8, 4) is 11.4 Å². The molecule has 1 aromatic heterocycles. The highest BCUT2D eigenvalue weighted by molar-refractivity contribution is 8.00. The van der Waals surface area contributed by atoms with E-state index in [4.69, 9.17) is 11.6 Å². The van der Waals surface area contributed by atoms with Gasteiger partial charge in [0.05, 0.1) is 16.7 Å². The van der Waals surface area contributed by atoms with Gasteiger partial charge >= 0.3 is 0 Å². The first-order valence-electron chi connectivity index (χ1n) is 7.65. The summed E-state index contributed by atoms with van der Waals surface area (Å²) in [6.45, 7) is 0. The molecule has 0 saturated carbocycles. The van der Waals surface area contributed by atoms with Gasteiger partial charge in [-0.15, -0.1) is 11.8 Å². The zero-order valence-corrected chi connectivity index (χ0v) is 14.6. The van der Waals surface area contributed by atoms with E-state index in [0.717, 1.165) is 16.9 Å². The number of aromatic nitrogens is 2. The van der Waals surface area contributed by atoms with Gasteiger partial charge in [0, 0.05) is 10.7 Å². The zero-order valence-electron chi connectivity index (χ0n) is 13.0. The van der Waals surface area contributed by atoms with Gasteiger partial charge in [0.1, 0.15) is 12.1 Å². The Morgan fingerprint density at radius 1 is 1.16 bits per heavy atom. The molecule has 2 N–H and O–H groups in total. The molecule has 7 heteroatoms. The van der Waals surface area contributed by atoms with Crippen LogP contribution in [0.4, 0.5) is 5.82 Å². The number of hydrogen-bond donors (Lipinski definition) is 2. The molecule has 0 unspecified atom stereocenters. The maximum Gasteiger partial charge on any atom is 0.235 e. The number of benzene rings is 2. The molecule has 0 fully saturated rings. The second-order valence-corrected chi connectivity index (χ2v) is 7.19. The number of hydrogen-bond acceptors (Lipinski definition) is 4. The highest BCUT2D eigenvalue weighted by atomic mass is 35.5. The van der Waals surface area contributed by atoms with Crippen LogP contribution in [0.2, 0.25) is 5.02 Å². The molecular formula is C18H14ClN3O2S. The first-order valence-corrected chi connectivity index (χ1v) is 9.08. The quantitative estimate of drug-likeness (QED) is 0.714. The average Bonchev–Trinajstić information content (AvgIpc) is 2.93. The molecule has 126 valence electrons. The van der Waals surface area contributed by atoms with Crippen molar-refractivity contribution in [2.24, 2.45) is 0 Å². The Labute approximate surface area is 153 Å². The summed E-state index contributed by atoms with van der Waals surface area (Å²) in [5.74, 6) is 1.03. The van der Waals surface area contributed by atoms with E-state index in [1.54, 1.807) is 18.5 Å². The second kappa shape index (κ2) is 6.46. The van der Waals surface area contributed by atoms with Crippen LogP contribution in [0.15, 0.2) is 54.9 Å². The average molecular weight is 372 g/mol. The van der Waals surface area contributed by atoms with E-state index in [0.29, 0.717) is 16.6 Å². The van der Waals surface area contributed by atoms with Gasteiger partial charge in [-0.1, -0.05) is 23.7 Å². The van der Waals surface area contributed by atoms with Gasteiger partial charge in [-0.25, -0.2) is 4.98 Å². The smallest absolute Gasteiger partial charge is 0.235 e. The zero-order chi connectivity index (χ0) is 17.4. The fourth-order valence-corrected chi connectivity index (χ4v) is 4.07. The molecule has 1 atom stereocenters. The molecule has 1 aliphatic heterocycles. The van der Waals surface area contributed by atoms with Crippen LogP contribution in [0.25, 0.3) is 5.69 Å². The number of nitrogens with zero attached hydrogens (tertiary/aromatic N) is 2. The van der Waals surface area contributed by atoms with Gasteiger partial charge in [-0.05, 0) is 42.0 Å². The predicted octanol–water partition coefficient (Wildman–Crippen LogP) is 4.01. The van der Waals surface area contributed by atoms with E-state index in [1.165, 1.54) is 11.8 Å². The van der Waals surface area contributed by atoms with Gasteiger partial charge in [-0.3, -0.25) is 9.36 Å². The Balaban J connectivity index is 1.86. The van der Waals surface area contributed by atoms with Crippen molar-refractivity contribution < 1.29 is 9.90 Å². The number of aromatic hydroxyl groups is 1. The minimum Gasteiger partial charge on any atom is -0.508 e. The van der Waals surface area contributed by atoms with Crippen LogP contribution in [0.1, 0.15) is 16.5 Å². The highest BCUT2D eigenvalue weighted by Gasteiger charge is 2.29. The van der Waals surface area contributed by atoms with E-state index < -0.39 is 0 Å². The number of amides is 1. The lowest BCUT2D eigenvalue weighted by atomic mass is 10.1. The molecule has 0 saturated heterocycles. The minimum atomic E-state index is -0.0901. The molecule has 2 heterocycles. The minimum absolute atomic E-state index is 0.0751. The van der Waals surface area contributed by atoms with E-state index in [9.17, 15) is 9.90 Å². The van der Waals surface area contributed by atoms with E-state index >= 15 is 0 Å². The summed E-state index contributed by atoms with van der Waals surface area (Å²) in [5.41, 5.74) is 2.80. The van der Waals surface area contributed by atoms with E-state index in [-0.39, 0.29) is 16.9 Å². The van der Waals surface area contributed by atoms with Crippen molar-refractivity contribution in [1.82, 2.24) is 9.55 Å².